The van der Waals surface area contributed by atoms with Gasteiger partial charge in [0.2, 0.25) is 0 Å². The first-order valence-corrected chi connectivity index (χ1v) is 10.4. The van der Waals surface area contributed by atoms with Crippen molar-refractivity contribution in [3.8, 4) is 11.8 Å². The lowest BCUT2D eigenvalue weighted by Gasteiger charge is -2.23. The molecule has 0 unspecified atom stereocenters. The van der Waals surface area contributed by atoms with Crippen LogP contribution in [0.25, 0.3) is 0 Å². The van der Waals surface area contributed by atoms with Crippen molar-refractivity contribution in [1.82, 2.24) is 15.8 Å². The standard InChI is InChI=1S/C23H27N5O3.CH4/c24-14-20(23(30)28-31)27-22(29)18-11-8-16(9-12-18)6-7-17-10-13-21(25-15-17)26-19-4-2-1-3-5-19;/h8-13,15,19-20,31H,1-5,14,24H2,(H,25,26)(H,27,29)(H,28,30);1H4/t20-;/m0./s1. The van der Waals surface area contributed by atoms with Gasteiger partial charge in [0.1, 0.15) is 11.9 Å². The molecule has 32 heavy (non-hydrogen) atoms. The number of carbonyl (C=O) groups excluding carboxylic acids is 2. The molecule has 0 bridgehead atoms. The molecule has 1 aliphatic carbocycles. The molecule has 170 valence electrons. The van der Waals surface area contributed by atoms with Crippen molar-refractivity contribution in [2.24, 2.45) is 5.73 Å². The maximum Gasteiger partial charge on any atom is 0.267 e. The van der Waals surface area contributed by atoms with Crippen molar-refractivity contribution in [2.45, 2.75) is 51.6 Å². The number of aromatic nitrogens is 1. The van der Waals surface area contributed by atoms with Gasteiger partial charge in [0.05, 0.1) is 0 Å². The van der Waals surface area contributed by atoms with E-state index in [2.05, 4.69) is 27.5 Å². The lowest BCUT2D eigenvalue weighted by molar-refractivity contribution is -0.130. The molecule has 0 saturated heterocycles. The monoisotopic (exact) mass is 437 g/mol. The number of hydrogen-bond acceptors (Lipinski definition) is 6. The zero-order valence-electron chi connectivity index (χ0n) is 17.2. The van der Waals surface area contributed by atoms with Gasteiger partial charge in [-0.2, -0.15) is 0 Å². The van der Waals surface area contributed by atoms with Crippen molar-refractivity contribution in [3.05, 3.63) is 59.3 Å². The van der Waals surface area contributed by atoms with Crippen LogP contribution in [0, 0.1) is 11.8 Å². The van der Waals surface area contributed by atoms with Gasteiger partial charge in [0.15, 0.2) is 0 Å². The highest BCUT2D eigenvalue weighted by molar-refractivity contribution is 5.97. The van der Waals surface area contributed by atoms with Crippen LogP contribution in [0.15, 0.2) is 42.6 Å². The second-order valence-corrected chi connectivity index (χ2v) is 7.48. The second-order valence-electron chi connectivity index (χ2n) is 7.48. The molecule has 8 heteroatoms. The Morgan fingerprint density at radius 1 is 1.06 bits per heavy atom. The van der Waals surface area contributed by atoms with E-state index in [1.807, 2.05) is 12.1 Å². The van der Waals surface area contributed by atoms with Crippen LogP contribution in [0.1, 0.15) is 61.0 Å². The van der Waals surface area contributed by atoms with Crippen molar-refractivity contribution in [2.75, 3.05) is 11.9 Å². The van der Waals surface area contributed by atoms with Crippen LogP contribution in [0.3, 0.4) is 0 Å². The molecule has 0 radical (unpaired) electrons. The highest BCUT2D eigenvalue weighted by atomic mass is 16.5. The summed E-state index contributed by atoms with van der Waals surface area (Å²) in [6, 6.07) is 10.0. The molecular formula is C24H31N5O3. The summed E-state index contributed by atoms with van der Waals surface area (Å²) in [5, 5.41) is 14.6. The normalized spacial score (nSPS) is 14.2. The molecule has 1 aliphatic rings. The average Bonchev–Trinajstić information content (AvgIpc) is 2.82. The van der Waals surface area contributed by atoms with Crippen LogP contribution < -0.4 is 21.8 Å². The molecule has 1 aromatic carbocycles. The first-order valence-electron chi connectivity index (χ1n) is 10.4. The number of hydroxylamine groups is 1. The van der Waals surface area contributed by atoms with Crippen molar-refractivity contribution in [3.63, 3.8) is 0 Å². The van der Waals surface area contributed by atoms with Crippen molar-refractivity contribution in [1.29, 1.82) is 0 Å². The van der Waals surface area contributed by atoms with Crippen LogP contribution >= 0.6 is 0 Å². The third-order valence-corrected chi connectivity index (χ3v) is 5.19. The predicted molar refractivity (Wildman–Crippen MR) is 124 cm³/mol. The number of anilines is 1. The van der Waals surface area contributed by atoms with Gasteiger partial charge in [-0.05, 0) is 49.2 Å². The summed E-state index contributed by atoms with van der Waals surface area (Å²) in [5.74, 6) is 5.75. The quantitative estimate of drug-likeness (QED) is 0.268. The first kappa shape index (κ1) is 24.9. The first-order chi connectivity index (χ1) is 15.1. The Kier molecular flexibility index (Phi) is 9.67. The minimum Gasteiger partial charge on any atom is -0.367 e. The van der Waals surface area contributed by atoms with Gasteiger partial charge < -0.3 is 16.4 Å². The Hall–Kier alpha value is -3.41. The summed E-state index contributed by atoms with van der Waals surface area (Å²) in [7, 11) is 0. The van der Waals surface area contributed by atoms with E-state index >= 15 is 0 Å². The molecule has 2 amide bonds. The number of amides is 2. The van der Waals surface area contributed by atoms with Crippen molar-refractivity contribution < 1.29 is 14.8 Å². The smallest absolute Gasteiger partial charge is 0.267 e. The molecule has 2 aromatic rings. The fourth-order valence-electron chi connectivity index (χ4n) is 3.41. The SMILES string of the molecule is C.NC[C@H](NC(=O)c1ccc(C#Cc2ccc(NC3CCCCC3)nc2)cc1)C(=O)NO. The minimum atomic E-state index is -1.01. The molecule has 6 N–H and O–H groups in total. The van der Waals surface area contributed by atoms with Crippen LogP contribution in [-0.4, -0.2) is 40.6 Å². The average molecular weight is 438 g/mol. The number of nitrogens with two attached hydrogens (primary N) is 1. The summed E-state index contributed by atoms with van der Waals surface area (Å²) in [4.78, 5) is 28.1. The van der Waals surface area contributed by atoms with E-state index in [4.69, 9.17) is 10.9 Å². The summed E-state index contributed by atoms with van der Waals surface area (Å²) in [6.07, 6.45) is 8.00. The van der Waals surface area contributed by atoms with Crippen LogP contribution in [-0.2, 0) is 4.79 Å². The Morgan fingerprint density at radius 3 is 2.31 bits per heavy atom. The zero-order chi connectivity index (χ0) is 22.1. The molecule has 0 aliphatic heterocycles. The third kappa shape index (κ3) is 7.08. The Balaban J connectivity index is 0.00000363. The Labute approximate surface area is 189 Å². The van der Waals surface area contributed by atoms with Gasteiger partial charge >= 0.3 is 0 Å². The fourth-order valence-corrected chi connectivity index (χ4v) is 3.41. The topological polar surface area (TPSA) is 129 Å². The van der Waals surface area contributed by atoms with E-state index in [1.165, 1.54) is 37.6 Å². The number of nitrogens with one attached hydrogen (secondary N) is 3. The predicted octanol–water partition coefficient (Wildman–Crippen LogP) is 2.42. The van der Waals surface area contributed by atoms with Gasteiger partial charge in [-0.25, -0.2) is 10.5 Å². The van der Waals surface area contributed by atoms with Crippen LogP contribution in [0.4, 0.5) is 5.82 Å². The Bertz CT molecular complexity index is 942. The molecule has 1 atom stereocenters. The van der Waals surface area contributed by atoms with Gasteiger partial charge in [-0.3, -0.25) is 14.8 Å². The molecule has 1 heterocycles. The summed E-state index contributed by atoms with van der Waals surface area (Å²) >= 11 is 0. The van der Waals surface area contributed by atoms with E-state index in [0.717, 1.165) is 16.9 Å². The molecular weight excluding hydrogens is 406 g/mol. The Morgan fingerprint density at radius 2 is 1.72 bits per heavy atom. The van der Waals surface area contributed by atoms with Crippen molar-refractivity contribution >= 4 is 17.6 Å². The molecule has 1 saturated carbocycles. The molecule has 1 aromatic heterocycles. The highest BCUT2D eigenvalue weighted by Crippen LogP contribution is 2.20. The second kappa shape index (κ2) is 12.4. The number of rotatable bonds is 6. The van der Waals surface area contributed by atoms with E-state index in [9.17, 15) is 9.59 Å². The van der Waals surface area contributed by atoms with E-state index < -0.39 is 17.9 Å². The number of benzene rings is 1. The summed E-state index contributed by atoms with van der Waals surface area (Å²) < 4.78 is 0. The van der Waals surface area contributed by atoms with Gasteiger partial charge in [-0.15, -0.1) is 0 Å². The van der Waals surface area contributed by atoms with Crippen LogP contribution in [0.2, 0.25) is 0 Å². The molecule has 3 rings (SSSR count). The fraction of sp³-hybridized carbons (Fsp3) is 0.375. The molecule has 1 fully saturated rings. The largest absolute Gasteiger partial charge is 0.367 e. The summed E-state index contributed by atoms with van der Waals surface area (Å²) in [6.45, 7) is -0.134. The molecule has 0 spiro atoms. The number of carbonyl (C=O) groups is 2. The van der Waals surface area contributed by atoms with Gasteiger partial charge in [0.25, 0.3) is 11.8 Å². The number of hydrogen-bond donors (Lipinski definition) is 5. The number of pyridine rings is 1. The van der Waals surface area contributed by atoms with Crippen LogP contribution in [0.5, 0.6) is 0 Å². The van der Waals surface area contributed by atoms with Gasteiger partial charge in [0, 0.05) is 35.5 Å². The highest BCUT2D eigenvalue weighted by Gasteiger charge is 2.19. The number of nitrogens with zero attached hydrogens (tertiary/aromatic N) is 1. The van der Waals surface area contributed by atoms with E-state index in [1.54, 1.807) is 30.5 Å². The van der Waals surface area contributed by atoms with E-state index in [0.29, 0.717) is 11.6 Å². The van der Waals surface area contributed by atoms with E-state index in [-0.39, 0.29) is 14.0 Å². The van der Waals surface area contributed by atoms with Gasteiger partial charge in [-0.1, -0.05) is 38.5 Å². The molecule has 8 nitrogen and oxygen atoms in total. The third-order valence-electron chi connectivity index (χ3n) is 5.19. The maximum absolute atomic E-state index is 12.2. The maximum atomic E-state index is 12.2. The lowest BCUT2D eigenvalue weighted by atomic mass is 9.95. The minimum absolute atomic E-state index is 0. The lowest BCUT2D eigenvalue weighted by Crippen LogP contribution is -2.50. The summed E-state index contributed by atoms with van der Waals surface area (Å²) in [5.41, 5.74) is 8.81. The zero-order valence-corrected chi connectivity index (χ0v) is 17.2.